The molecule has 0 spiro atoms. The van der Waals surface area contributed by atoms with Gasteiger partial charge in [-0.3, -0.25) is 4.79 Å². The van der Waals surface area contributed by atoms with E-state index < -0.39 is 5.54 Å². The molecule has 0 aromatic heterocycles. The lowest BCUT2D eigenvalue weighted by atomic mass is 10.0. The fourth-order valence-electron chi connectivity index (χ4n) is 1.93. The van der Waals surface area contributed by atoms with Gasteiger partial charge in [0.2, 0.25) is 0 Å². The van der Waals surface area contributed by atoms with Crippen LogP contribution in [-0.4, -0.2) is 43.2 Å². The van der Waals surface area contributed by atoms with Crippen LogP contribution in [-0.2, 0) is 9.53 Å². The maximum absolute atomic E-state index is 11.3. The molecule has 2 N–H and O–H groups in total. The predicted molar refractivity (Wildman–Crippen MR) is 54.8 cm³/mol. The van der Waals surface area contributed by atoms with Crippen molar-refractivity contribution < 1.29 is 9.53 Å². The maximum Gasteiger partial charge on any atom is 0.326 e. The molecule has 0 aromatic carbocycles. The Hall–Kier alpha value is -0.610. The van der Waals surface area contributed by atoms with Crippen LogP contribution in [0.1, 0.15) is 20.3 Å². The summed E-state index contributed by atoms with van der Waals surface area (Å²) >= 11 is 0. The Labute approximate surface area is 85.4 Å². The highest BCUT2D eigenvalue weighted by Crippen LogP contribution is 2.17. The summed E-state index contributed by atoms with van der Waals surface area (Å²) in [4.78, 5) is 13.6. The molecular weight excluding hydrogens is 180 g/mol. The first kappa shape index (κ1) is 11.5. The Balaban J connectivity index is 2.46. The number of carbonyl (C=O) groups excluding carboxylic acids is 1. The van der Waals surface area contributed by atoms with Gasteiger partial charge in [-0.05, 0) is 25.8 Å². The van der Waals surface area contributed by atoms with E-state index in [2.05, 4.69) is 16.6 Å². The SMILES string of the molecule is COC(=O)C(C)(N)CN1CCC(C)C1. The van der Waals surface area contributed by atoms with E-state index in [1.54, 1.807) is 6.92 Å². The van der Waals surface area contributed by atoms with Crippen molar-refractivity contribution in [2.75, 3.05) is 26.7 Å². The second kappa shape index (κ2) is 4.28. The molecule has 1 fully saturated rings. The Morgan fingerprint density at radius 3 is 2.79 bits per heavy atom. The van der Waals surface area contributed by atoms with Crippen molar-refractivity contribution in [1.82, 2.24) is 4.90 Å². The molecule has 2 unspecified atom stereocenters. The average Bonchev–Trinajstić information content (AvgIpc) is 2.48. The van der Waals surface area contributed by atoms with E-state index in [0.29, 0.717) is 12.5 Å². The third-order valence-corrected chi connectivity index (χ3v) is 2.71. The summed E-state index contributed by atoms with van der Waals surface area (Å²) in [6, 6.07) is 0. The van der Waals surface area contributed by atoms with Gasteiger partial charge < -0.3 is 15.4 Å². The number of rotatable bonds is 3. The Morgan fingerprint density at radius 2 is 2.36 bits per heavy atom. The van der Waals surface area contributed by atoms with E-state index in [4.69, 9.17) is 5.73 Å². The summed E-state index contributed by atoms with van der Waals surface area (Å²) in [6.07, 6.45) is 1.19. The number of methoxy groups -OCH3 is 1. The fraction of sp³-hybridized carbons (Fsp3) is 0.900. The third-order valence-electron chi connectivity index (χ3n) is 2.71. The van der Waals surface area contributed by atoms with Gasteiger partial charge in [-0.2, -0.15) is 0 Å². The van der Waals surface area contributed by atoms with Crippen LogP contribution in [0.5, 0.6) is 0 Å². The first-order valence-corrected chi connectivity index (χ1v) is 5.05. The molecule has 4 nitrogen and oxygen atoms in total. The van der Waals surface area contributed by atoms with Gasteiger partial charge in [-0.1, -0.05) is 6.92 Å². The van der Waals surface area contributed by atoms with Gasteiger partial charge in [0.25, 0.3) is 0 Å². The Kier molecular flexibility index (Phi) is 3.50. The molecule has 0 aromatic rings. The number of nitrogens with zero attached hydrogens (tertiary/aromatic N) is 1. The number of esters is 1. The van der Waals surface area contributed by atoms with Gasteiger partial charge in [-0.15, -0.1) is 0 Å². The smallest absolute Gasteiger partial charge is 0.326 e. The Morgan fingerprint density at radius 1 is 1.71 bits per heavy atom. The number of carbonyl (C=O) groups is 1. The normalized spacial score (nSPS) is 27.3. The van der Waals surface area contributed by atoms with E-state index in [0.717, 1.165) is 13.1 Å². The summed E-state index contributed by atoms with van der Waals surface area (Å²) in [6.45, 7) is 6.59. The van der Waals surface area contributed by atoms with Gasteiger partial charge in [-0.25, -0.2) is 0 Å². The standard InChI is InChI=1S/C10H20N2O2/c1-8-4-5-12(6-8)7-10(2,11)9(13)14-3/h8H,4-7,11H2,1-3H3. The summed E-state index contributed by atoms with van der Waals surface area (Å²) in [7, 11) is 1.38. The van der Waals surface area contributed by atoms with Crippen LogP contribution >= 0.6 is 0 Å². The topological polar surface area (TPSA) is 55.6 Å². The minimum atomic E-state index is -0.876. The number of hydrogen-bond acceptors (Lipinski definition) is 4. The van der Waals surface area contributed by atoms with Crippen molar-refractivity contribution >= 4 is 5.97 Å². The van der Waals surface area contributed by atoms with Gasteiger partial charge in [0.1, 0.15) is 5.54 Å². The van der Waals surface area contributed by atoms with Crippen molar-refractivity contribution in [3.63, 3.8) is 0 Å². The van der Waals surface area contributed by atoms with E-state index in [1.807, 2.05) is 0 Å². The lowest BCUT2D eigenvalue weighted by Crippen LogP contribution is -2.53. The number of nitrogens with two attached hydrogens (primary N) is 1. The van der Waals surface area contributed by atoms with Crippen LogP contribution in [0, 0.1) is 5.92 Å². The molecule has 0 amide bonds. The van der Waals surface area contributed by atoms with Crippen molar-refractivity contribution in [3.8, 4) is 0 Å². The quantitative estimate of drug-likeness (QED) is 0.662. The molecule has 2 atom stereocenters. The molecule has 82 valence electrons. The number of likely N-dealkylation sites (tertiary alicyclic amines) is 1. The molecule has 1 rings (SSSR count). The van der Waals surface area contributed by atoms with E-state index in [-0.39, 0.29) is 5.97 Å². The van der Waals surface area contributed by atoms with E-state index >= 15 is 0 Å². The maximum atomic E-state index is 11.3. The lowest BCUT2D eigenvalue weighted by molar-refractivity contribution is -0.147. The van der Waals surface area contributed by atoms with E-state index in [9.17, 15) is 4.79 Å². The van der Waals surface area contributed by atoms with Gasteiger partial charge in [0.05, 0.1) is 7.11 Å². The van der Waals surface area contributed by atoms with Crippen molar-refractivity contribution in [3.05, 3.63) is 0 Å². The van der Waals surface area contributed by atoms with Crippen LogP contribution in [0.4, 0.5) is 0 Å². The zero-order valence-electron chi connectivity index (χ0n) is 9.25. The van der Waals surface area contributed by atoms with Crippen LogP contribution in [0.15, 0.2) is 0 Å². The molecule has 1 aliphatic rings. The Bertz CT molecular complexity index is 216. The largest absolute Gasteiger partial charge is 0.468 e. The molecule has 0 bridgehead atoms. The molecule has 0 saturated carbocycles. The van der Waals surface area contributed by atoms with Crippen LogP contribution in [0.2, 0.25) is 0 Å². The molecule has 0 aliphatic carbocycles. The predicted octanol–water partition coefficient (Wildman–Crippen LogP) is 0.219. The second-order valence-electron chi connectivity index (χ2n) is 4.54. The molecule has 1 saturated heterocycles. The highest BCUT2D eigenvalue weighted by Gasteiger charge is 2.33. The third kappa shape index (κ3) is 2.69. The second-order valence-corrected chi connectivity index (χ2v) is 4.54. The summed E-state index contributed by atoms with van der Waals surface area (Å²) in [5.41, 5.74) is 5.00. The van der Waals surface area contributed by atoms with Gasteiger partial charge in [0.15, 0.2) is 0 Å². The van der Waals surface area contributed by atoms with Crippen molar-refractivity contribution in [2.45, 2.75) is 25.8 Å². The van der Waals surface area contributed by atoms with Crippen LogP contribution in [0.25, 0.3) is 0 Å². The summed E-state index contributed by atoms with van der Waals surface area (Å²) < 4.78 is 4.66. The summed E-state index contributed by atoms with van der Waals surface area (Å²) in [5, 5.41) is 0. The molecular formula is C10H20N2O2. The molecule has 4 heteroatoms. The zero-order valence-corrected chi connectivity index (χ0v) is 9.25. The highest BCUT2D eigenvalue weighted by atomic mass is 16.5. The summed E-state index contributed by atoms with van der Waals surface area (Å²) in [5.74, 6) is 0.375. The average molecular weight is 200 g/mol. The minimum Gasteiger partial charge on any atom is -0.468 e. The molecule has 1 aliphatic heterocycles. The van der Waals surface area contributed by atoms with Gasteiger partial charge >= 0.3 is 5.97 Å². The number of hydrogen-bond donors (Lipinski definition) is 1. The highest BCUT2D eigenvalue weighted by molar-refractivity contribution is 5.80. The molecule has 0 radical (unpaired) electrons. The first-order chi connectivity index (χ1) is 6.45. The van der Waals surface area contributed by atoms with E-state index in [1.165, 1.54) is 13.5 Å². The first-order valence-electron chi connectivity index (χ1n) is 5.05. The zero-order chi connectivity index (χ0) is 10.8. The minimum absolute atomic E-state index is 0.336. The lowest BCUT2D eigenvalue weighted by Gasteiger charge is -2.27. The number of ether oxygens (including phenoxy) is 1. The fourth-order valence-corrected chi connectivity index (χ4v) is 1.93. The van der Waals surface area contributed by atoms with Crippen LogP contribution < -0.4 is 5.73 Å². The molecule has 1 heterocycles. The van der Waals surface area contributed by atoms with Crippen molar-refractivity contribution in [1.29, 1.82) is 0 Å². The molecule has 14 heavy (non-hydrogen) atoms. The van der Waals surface area contributed by atoms with Crippen molar-refractivity contribution in [2.24, 2.45) is 11.7 Å². The van der Waals surface area contributed by atoms with Gasteiger partial charge in [0, 0.05) is 13.1 Å². The van der Waals surface area contributed by atoms with Crippen LogP contribution in [0.3, 0.4) is 0 Å². The monoisotopic (exact) mass is 200 g/mol.